The van der Waals surface area contributed by atoms with E-state index >= 15 is 0 Å². The van der Waals surface area contributed by atoms with E-state index in [1.807, 2.05) is 0 Å². The number of hydrogen-bond acceptors (Lipinski definition) is 3. The van der Waals surface area contributed by atoms with Crippen LogP contribution in [0.25, 0.3) is 0 Å². The summed E-state index contributed by atoms with van der Waals surface area (Å²) in [5, 5.41) is 13.0. The molecule has 0 aliphatic carbocycles. The smallest absolute Gasteiger partial charge is 0.358 e. The van der Waals surface area contributed by atoms with E-state index < -0.39 is 5.97 Å². The van der Waals surface area contributed by atoms with Crippen LogP contribution >= 0.6 is 11.6 Å². The summed E-state index contributed by atoms with van der Waals surface area (Å²) in [5.74, 6) is -0.368. The van der Waals surface area contributed by atoms with Crippen molar-refractivity contribution in [3.05, 3.63) is 10.7 Å². The van der Waals surface area contributed by atoms with Gasteiger partial charge >= 0.3 is 5.97 Å². The first-order valence-corrected chi connectivity index (χ1v) is 5.20. The first-order valence-electron chi connectivity index (χ1n) is 4.82. The highest BCUT2D eigenvalue weighted by atomic mass is 35.5. The fourth-order valence-corrected chi connectivity index (χ4v) is 2.26. The van der Waals surface area contributed by atoms with Gasteiger partial charge in [0, 0.05) is 20.1 Å². The summed E-state index contributed by atoms with van der Waals surface area (Å²) in [6, 6.07) is 0. The van der Waals surface area contributed by atoms with Crippen molar-refractivity contribution in [2.75, 3.05) is 18.0 Å². The summed E-state index contributed by atoms with van der Waals surface area (Å²) < 4.78 is 1.54. The lowest BCUT2D eigenvalue weighted by atomic mass is 10.4. The molecule has 1 aliphatic rings. The van der Waals surface area contributed by atoms with Crippen LogP contribution in [0.1, 0.15) is 23.3 Å². The van der Waals surface area contributed by atoms with Crippen LogP contribution in [0.15, 0.2) is 0 Å². The van der Waals surface area contributed by atoms with Crippen molar-refractivity contribution >= 4 is 23.4 Å². The molecule has 5 nitrogen and oxygen atoms in total. The quantitative estimate of drug-likeness (QED) is 0.832. The Kier molecular flexibility index (Phi) is 2.56. The van der Waals surface area contributed by atoms with Crippen LogP contribution in [0, 0.1) is 0 Å². The number of hydrogen-bond donors (Lipinski definition) is 1. The molecule has 15 heavy (non-hydrogen) atoms. The Labute approximate surface area is 92.2 Å². The summed E-state index contributed by atoms with van der Waals surface area (Å²) in [6.07, 6.45) is 2.23. The summed E-state index contributed by atoms with van der Waals surface area (Å²) >= 11 is 6.00. The lowest BCUT2D eigenvalue weighted by Gasteiger charge is -2.17. The van der Waals surface area contributed by atoms with Crippen molar-refractivity contribution < 1.29 is 9.90 Å². The number of carbonyl (C=O) groups is 1. The Hall–Kier alpha value is -1.23. The molecule has 82 valence electrons. The molecule has 1 aliphatic heterocycles. The molecule has 1 saturated heterocycles. The number of halogens is 1. The van der Waals surface area contributed by atoms with Gasteiger partial charge in [-0.25, -0.2) is 4.79 Å². The lowest BCUT2D eigenvalue weighted by Crippen LogP contribution is -2.20. The van der Waals surface area contributed by atoms with Gasteiger partial charge in [-0.1, -0.05) is 11.6 Å². The molecule has 0 spiro atoms. The third kappa shape index (κ3) is 1.67. The summed E-state index contributed by atoms with van der Waals surface area (Å²) in [5.41, 5.74) is -0.0685. The van der Waals surface area contributed by atoms with E-state index in [4.69, 9.17) is 16.7 Å². The normalized spacial score (nSPS) is 16.0. The van der Waals surface area contributed by atoms with Crippen molar-refractivity contribution in [1.29, 1.82) is 0 Å². The molecule has 0 aromatic carbocycles. The Balaban J connectivity index is 2.42. The Morgan fingerprint density at radius 3 is 2.53 bits per heavy atom. The maximum Gasteiger partial charge on any atom is 0.358 e. The largest absolute Gasteiger partial charge is 0.476 e. The van der Waals surface area contributed by atoms with Crippen LogP contribution in [-0.4, -0.2) is 33.9 Å². The van der Waals surface area contributed by atoms with E-state index in [2.05, 4.69) is 10.00 Å². The van der Waals surface area contributed by atoms with Gasteiger partial charge < -0.3 is 10.0 Å². The van der Waals surface area contributed by atoms with Gasteiger partial charge in [0.05, 0.1) is 0 Å². The van der Waals surface area contributed by atoms with Crippen molar-refractivity contribution in [2.24, 2.45) is 7.05 Å². The van der Waals surface area contributed by atoms with Crippen LogP contribution < -0.4 is 4.90 Å². The predicted octanol–water partition coefficient (Wildman–Crippen LogP) is 1.37. The molecular formula is C9H12ClN3O2. The molecule has 0 atom stereocenters. The summed E-state index contributed by atoms with van der Waals surface area (Å²) in [6.45, 7) is 1.83. The molecule has 1 aromatic rings. The molecule has 1 fully saturated rings. The van der Waals surface area contributed by atoms with Gasteiger partial charge in [-0.3, -0.25) is 4.68 Å². The fraction of sp³-hybridized carbons (Fsp3) is 0.556. The van der Waals surface area contributed by atoms with E-state index in [1.165, 1.54) is 4.68 Å². The molecule has 0 unspecified atom stereocenters. The van der Waals surface area contributed by atoms with E-state index in [-0.39, 0.29) is 10.7 Å². The topological polar surface area (TPSA) is 58.4 Å². The van der Waals surface area contributed by atoms with Crippen LogP contribution in [0.2, 0.25) is 5.02 Å². The van der Waals surface area contributed by atoms with Gasteiger partial charge in [0.2, 0.25) is 0 Å². The Morgan fingerprint density at radius 1 is 1.47 bits per heavy atom. The maximum atomic E-state index is 10.8. The second kappa shape index (κ2) is 3.73. The standard InChI is InChI=1S/C9H12ClN3O2/c1-12-8(13-4-2-3-5-13)6(10)7(11-12)9(14)15/h2-5H2,1H3,(H,14,15). The highest BCUT2D eigenvalue weighted by Crippen LogP contribution is 2.30. The molecule has 0 saturated carbocycles. The van der Waals surface area contributed by atoms with Gasteiger partial charge in [-0.15, -0.1) is 0 Å². The zero-order chi connectivity index (χ0) is 11.0. The maximum absolute atomic E-state index is 10.8. The first kappa shape index (κ1) is 10.3. The second-order valence-electron chi connectivity index (χ2n) is 3.61. The number of carboxylic acids is 1. The average Bonchev–Trinajstić information content (AvgIpc) is 2.73. The minimum atomic E-state index is -1.08. The summed E-state index contributed by atoms with van der Waals surface area (Å²) in [4.78, 5) is 12.9. The highest BCUT2D eigenvalue weighted by molar-refractivity contribution is 6.35. The molecule has 1 N–H and O–H groups in total. The molecular weight excluding hydrogens is 218 g/mol. The van der Waals surface area contributed by atoms with Gasteiger partial charge in [-0.05, 0) is 12.8 Å². The zero-order valence-electron chi connectivity index (χ0n) is 8.40. The van der Waals surface area contributed by atoms with Crippen molar-refractivity contribution in [3.63, 3.8) is 0 Å². The van der Waals surface area contributed by atoms with Gasteiger partial charge in [0.25, 0.3) is 0 Å². The van der Waals surface area contributed by atoms with Crippen molar-refractivity contribution in [1.82, 2.24) is 9.78 Å². The molecule has 2 rings (SSSR count). The minimum absolute atomic E-state index is 0.0685. The van der Waals surface area contributed by atoms with Crippen LogP contribution in [0.3, 0.4) is 0 Å². The third-order valence-corrected chi connectivity index (χ3v) is 2.92. The van der Waals surface area contributed by atoms with Gasteiger partial charge in [-0.2, -0.15) is 5.10 Å². The number of aromatic carboxylic acids is 1. The number of aryl methyl sites for hydroxylation is 1. The van der Waals surface area contributed by atoms with Crippen molar-refractivity contribution in [2.45, 2.75) is 12.8 Å². The number of nitrogens with zero attached hydrogens (tertiary/aromatic N) is 3. The molecule has 6 heteroatoms. The van der Waals surface area contributed by atoms with Gasteiger partial charge in [0.15, 0.2) is 5.69 Å². The fourth-order valence-electron chi connectivity index (χ4n) is 1.90. The number of carboxylic acid groups (broad SMARTS) is 1. The zero-order valence-corrected chi connectivity index (χ0v) is 9.16. The van der Waals surface area contributed by atoms with Crippen LogP contribution in [0.4, 0.5) is 5.82 Å². The lowest BCUT2D eigenvalue weighted by molar-refractivity contribution is 0.0690. The predicted molar refractivity (Wildman–Crippen MR) is 56.6 cm³/mol. The number of aromatic nitrogens is 2. The van der Waals surface area contributed by atoms with Crippen LogP contribution in [-0.2, 0) is 7.05 Å². The van der Waals surface area contributed by atoms with E-state index in [1.54, 1.807) is 7.05 Å². The van der Waals surface area contributed by atoms with E-state index in [0.29, 0.717) is 5.82 Å². The third-order valence-electron chi connectivity index (χ3n) is 2.57. The SMILES string of the molecule is Cn1nc(C(=O)O)c(Cl)c1N1CCCC1. The monoisotopic (exact) mass is 229 g/mol. The molecule has 1 aromatic heterocycles. The number of anilines is 1. The number of rotatable bonds is 2. The van der Waals surface area contributed by atoms with E-state index in [0.717, 1.165) is 25.9 Å². The molecule has 2 heterocycles. The molecule has 0 radical (unpaired) electrons. The van der Waals surface area contributed by atoms with E-state index in [9.17, 15) is 4.79 Å². The minimum Gasteiger partial charge on any atom is -0.476 e. The second-order valence-corrected chi connectivity index (χ2v) is 3.99. The summed E-state index contributed by atoms with van der Waals surface area (Å²) in [7, 11) is 1.71. The van der Waals surface area contributed by atoms with Crippen LogP contribution in [0.5, 0.6) is 0 Å². The molecule has 0 bridgehead atoms. The first-order chi connectivity index (χ1) is 7.11. The Bertz CT molecular complexity index is 396. The van der Waals surface area contributed by atoms with Gasteiger partial charge in [0.1, 0.15) is 10.8 Å². The molecule has 0 amide bonds. The average molecular weight is 230 g/mol. The highest BCUT2D eigenvalue weighted by Gasteiger charge is 2.25. The van der Waals surface area contributed by atoms with Crippen molar-refractivity contribution in [3.8, 4) is 0 Å². The Morgan fingerprint density at radius 2 is 2.07 bits per heavy atom.